The van der Waals surface area contributed by atoms with Crippen molar-refractivity contribution in [3.05, 3.63) is 0 Å². The summed E-state index contributed by atoms with van der Waals surface area (Å²) in [7, 11) is 0. The molecule has 0 aromatic rings. The maximum Gasteiger partial charge on any atom is 0.121 e. The molecule has 6 N–H and O–H groups in total. The number of oxime groups is 1. The molecule has 0 aliphatic rings. The Labute approximate surface area is 74.2 Å². The summed E-state index contributed by atoms with van der Waals surface area (Å²) in [4.78, 5) is 0. The van der Waals surface area contributed by atoms with Crippen LogP contribution in [0.2, 0.25) is 0 Å². The van der Waals surface area contributed by atoms with Gasteiger partial charge in [0.1, 0.15) is 24.4 Å². The van der Waals surface area contributed by atoms with Crippen molar-refractivity contribution in [2.75, 3.05) is 6.61 Å². The van der Waals surface area contributed by atoms with Gasteiger partial charge in [0.25, 0.3) is 0 Å². The second kappa shape index (κ2) is 5.84. The van der Waals surface area contributed by atoms with Crippen molar-refractivity contribution < 1.29 is 30.7 Å². The Balaban J connectivity index is 4.15. The lowest BCUT2D eigenvalue weighted by molar-refractivity contribution is -0.100. The molecule has 0 saturated carbocycles. The van der Waals surface area contributed by atoms with E-state index in [0.717, 1.165) is 0 Å². The normalized spacial score (nSPS) is 21.3. The Bertz CT molecular complexity index is 163. The summed E-state index contributed by atoms with van der Waals surface area (Å²) in [5.74, 6) is 0. The molecule has 0 aliphatic carbocycles. The van der Waals surface area contributed by atoms with Crippen LogP contribution in [0, 0.1) is 0 Å². The second-order valence-electron chi connectivity index (χ2n) is 2.49. The molecule has 0 unspecified atom stereocenters. The highest BCUT2D eigenvalue weighted by molar-refractivity contribution is 5.62. The van der Waals surface area contributed by atoms with E-state index in [2.05, 4.69) is 5.16 Å². The van der Waals surface area contributed by atoms with Gasteiger partial charge in [0.05, 0.1) is 12.8 Å². The van der Waals surface area contributed by atoms with Crippen molar-refractivity contribution in [2.45, 2.75) is 24.4 Å². The summed E-state index contributed by atoms with van der Waals surface area (Å²) < 4.78 is 0. The van der Waals surface area contributed by atoms with Crippen LogP contribution in [-0.2, 0) is 0 Å². The number of rotatable bonds is 5. The van der Waals surface area contributed by atoms with Crippen LogP contribution in [0.15, 0.2) is 5.16 Å². The summed E-state index contributed by atoms with van der Waals surface area (Å²) in [6.07, 6.45) is -6.02. The summed E-state index contributed by atoms with van der Waals surface area (Å²) in [6.45, 7) is -0.749. The van der Waals surface area contributed by atoms with Crippen LogP contribution in [0.1, 0.15) is 0 Å². The molecule has 0 radical (unpaired) electrons. The van der Waals surface area contributed by atoms with E-state index in [1.807, 2.05) is 0 Å². The lowest BCUT2D eigenvalue weighted by Gasteiger charge is -2.23. The van der Waals surface area contributed by atoms with Crippen molar-refractivity contribution in [2.24, 2.45) is 5.16 Å². The SMILES string of the molecule is OC[C@H](O)[C@H](O)[C@H](O)[C@H](O)/C=N/O. The van der Waals surface area contributed by atoms with E-state index in [-0.39, 0.29) is 0 Å². The average Bonchev–Trinajstić information content (AvgIpc) is 2.14. The summed E-state index contributed by atoms with van der Waals surface area (Å²) in [5.41, 5.74) is 0. The van der Waals surface area contributed by atoms with Crippen LogP contribution in [0.25, 0.3) is 0 Å². The molecule has 0 heterocycles. The summed E-state index contributed by atoms with van der Waals surface area (Å²) in [5, 5.41) is 54.6. The third-order valence-electron chi connectivity index (χ3n) is 1.50. The van der Waals surface area contributed by atoms with Crippen LogP contribution < -0.4 is 0 Å². The van der Waals surface area contributed by atoms with Gasteiger partial charge in [-0.2, -0.15) is 0 Å². The maximum atomic E-state index is 9.05. The maximum absolute atomic E-state index is 9.05. The lowest BCUT2D eigenvalue weighted by Crippen LogP contribution is -2.46. The zero-order valence-corrected chi connectivity index (χ0v) is 6.72. The number of aliphatic hydroxyl groups excluding tert-OH is 5. The van der Waals surface area contributed by atoms with E-state index in [1.165, 1.54) is 0 Å². The molecule has 0 rings (SSSR count). The highest BCUT2D eigenvalue weighted by Crippen LogP contribution is 2.03. The predicted molar refractivity (Wildman–Crippen MR) is 41.4 cm³/mol. The first-order chi connectivity index (χ1) is 6.04. The quantitative estimate of drug-likeness (QED) is 0.156. The topological polar surface area (TPSA) is 134 Å². The molecule has 0 amide bonds. The zero-order chi connectivity index (χ0) is 10.4. The van der Waals surface area contributed by atoms with Gasteiger partial charge in [-0.25, -0.2) is 0 Å². The molecule has 0 spiro atoms. The minimum Gasteiger partial charge on any atom is -0.411 e. The van der Waals surface area contributed by atoms with Gasteiger partial charge in [0, 0.05) is 0 Å². The van der Waals surface area contributed by atoms with Crippen LogP contribution in [0.5, 0.6) is 0 Å². The predicted octanol–water partition coefficient (Wildman–Crippen LogP) is -3.12. The van der Waals surface area contributed by atoms with Gasteiger partial charge in [-0.15, -0.1) is 0 Å². The summed E-state index contributed by atoms with van der Waals surface area (Å²) >= 11 is 0. The number of nitrogens with zero attached hydrogens (tertiary/aromatic N) is 1. The smallest absolute Gasteiger partial charge is 0.121 e. The molecule has 0 saturated heterocycles. The molecule has 0 aromatic heterocycles. The van der Waals surface area contributed by atoms with E-state index in [0.29, 0.717) is 6.21 Å². The Hall–Kier alpha value is -0.730. The van der Waals surface area contributed by atoms with E-state index in [9.17, 15) is 0 Å². The first-order valence-electron chi connectivity index (χ1n) is 3.55. The van der Waals surface area contributed by atoms with E-state index in [4.69, 9.17) is 30.7 Å². The van der Waals surface area contributed by atoms with E-state index < -0.39 is 31.0 Å². The molecular weight excluding hydrogens is 182 g/mol. The minimum atomic E-state index is -1.72. The standard InChI is InChI=1S/C6H13NO6/c8-2-4(10)6(12)5(11)3(9)1-7-13/h1,3-6,8-13H,2H2/b7-1+/t3-,4+,5-,6+/m1/s1. The molecule has 0 bridgehead atoms. The van der Waals surface area contributed by atoms with Crippen molar-refractivity contribution in [3.8, 4) is 0 Å². The van der Waals surface area contributed by atoms with Gasteiger partial charge in [-0.1, -0.05) is 5.16 Å². The molecule has 78 valence electrons. The van der Waals surface area contributed by atoms with Gasteiger partial charge < -0.3 is 30.7 Å². The fourth-order valence-corrected chi connectivity index (χ4v) is 0.694. The Morgan fingerprint density at radius 2 is 1.62 bits per heavy atom. The van der Waals surface area contributed by atoms with Crippen LogP contribution >= 0.6 is 0 Å². The highest BCUT2D eigenvalue weighted by Gasteiger charge is 2.29. The second-order valence-corrected chi connectivity index (χ2v) is 2.49. The number of aliphatic hydroxyl groups is 5. The molecular formula is C6H13NO6. The average molecular weight is 195 g/mol. The minimum absolute atomic E-state index is 0.581. The van der Waals surface area contributed by atoms with Gasteiger partial charge in [-0.05, 0) is 0 Å². The molecule has 13 heavy (non-hydrogen) atoms. The van der Waals surface area contributed by atoms with Crippen molar-refractivity contribution in [1.29, 1.82) is 0 Å². The van der Waals surface area contributed by atoms with Crippen molar-refractivity contribution in [3.63, 3.8) is 0 Å². The molecule has 4 atom stereocenters. The largest absolute Gasteiger partial charge is 0.411 e. The zero-order valence-electron chi connectivity index (χ0n) is 6.72. The molecule has 0 fully saturated rings. The van der Waals surface area contributed by atoms with Crippen molar-refractivity contribution in [1.82, 2.24) is 0 Å². The monoisotopic (exact) mass is 195 g/mol. The van der Waals surface area contributed by atoms with Gasteiger partial charge in [0.2, 0.25) is 0 Å². The highest BCUT2D eigenvalue weighted by atomic mass is 16.4. The Kier molecular flexibility index (Phi) is 5.51. The summed E-state index contributed by atoms with van der Waals surface area (Å²) in [6, 6.07) is 0. The number of hydrogen-bond donors (Lipinski definition) is 6. The molecule has 7 heteroatoms. The van der Waals surface area contributed by atoms with Crippen LogP contribution in [-0.4, -0.2) is 68.0 Å². The van der Waals surface area contributed by atoms with E-state index >= 15 is 0 Å². The van der Waals surface area contributed by atoms with Crippen LogP contribution in [0.3, 0.4) is 0 Å². The molecule has 7 nitrogen and oxygen atoms in total. The first-order valence-corrected chi connectivity index (χ1v) is 3.55. The van der Waals surface area contributed by atoms with Gasteiger partial charge in [0.15, 0.2) is 0 Å². The van der Waals surface area contributed by atoms with E-state index in [1.54, 1.807) is 0 Å². The molecule has 0 aromatic carbocycles. The fraction of sp³-hybridized carbons (Fsp3) is 0.833. The third-order valence-corrected chi connectivity index (χ3v) is 1.50. The van der Waals surface area contributed by atoms with Crippen molar-refractivity contribution >= 4 is 6.21 Å². The lowest BCUT2D eigenvalue weighted by atomic mass is 10.0. The van der Waals surface area contributed by atoms with Gasteiger partial charge in [-0.3, -0.25) is 0 Å². The molecule has 0 aliphatic heterocycles. The third kappa shape index (κ3) is 3.66. The van der Waals surface area contributed by atoms with Crippen LogP contribution in [0.4, 0.5) is 0 Å². The van der Waals surface area contributed by atoms with Gasteiger partial charge >= 0.3 is 0 Å². The number of hydrogen-bond acceptors (Lipinski definition) is 7. The Morgan fingerprint density at radius 3 is 2.00 bits per heavy atom. The Morgan fingerprint density at radius 1 is 1.08 bits per heavy atom. The first kappa shape index (κ1) is 12.3. The fourth-order valence-electron chi connectivity index (χ4n) is 0.694.